The van der Waals surface area contributed by atoms with E-state index in [0.29, 0.717) is 28.5 Å². The van der Waals surface area contributed by atoms with Gasteiger partial charge < -0.3 is 23.0 Å². The highest BCUT2D eigenvalue weighted by molar-refractivity contribution is 5.88. The van der Waals surface area contributed by atoms with Gasteiger partial charge in [-0.15, -0.1) is 0 Å². The lowest BCUT2D eigenvalue weighted by Crippen LogP contribution is -2.12. The Morgan fingerprint density at radius 2 is 1.78 bits per heavy atom. The number of carbonyl (C=O) groups excluding carboxylic acids is 1. The number of pyridine rings is 1. The van der Waals surface area contributed by atoms with Crippen molar-refractivity contribution in [1.29, 1.82) is 0 Å². The molecule has 0 aliphatic heterocycles. The number of methoxy groups -OCH3 is 2. The molecule has 164 valence electrons. The van der Waals surface area contributed by atoms with Crippen molar-refractivity contribution in [3.8, 4) is 40.0 Å². The third-order valence-electron chi connectivity index (χ3n) is 5.07. The van der Waals surface area contributed by atoms with Crippen LogP contribution in [0.5, 0.6) is 17.4 Å². The smallest absolute Gasteiger partial charge is 0.343 e. The SMILES string of the molecule is COc1cnc(OC)c(-c2ccc3oc(-c4oc(=O)c(C)c(OC(C)=O)c4C)cc3c2)c1. The van der Waals surface area contributed by atoms with Crippen molar-refractivity contribution in [2.45, 2.75) is 20.8 Å². The maximum Gasteiger partial charge on any atom is 0.343 e. The Balaban J connectivity index is 1.84. The van der Waals surface area contributed by atoms with Gasteiger partial charge in [0.1, 0.15) is 17.1 Å². The Hall–Kier alpha value is -4.07. The molecule has 32 heavy (non-hydrogen) atoms. The number of carbonyl (C=O) groups is 1. The summed E-state index contributed by atoms with van der Waals surface area (Å²) in [6.45, 7) is 4.52. The molecule has 4 rings (SSSR count). The Kier molecular flexibility index (Phi) is 5.44. The minimum atomic E-state index is -0.602. The molecular weight excluding hydrogens is 414 g/mol. The fourth-order valence-corrected chi connectivity index (χ4v) is 3.49. The normalized spacial score (nSPS) is 10.9. The maximum atomic E-state index is 12.3. The van der Waals surface area contributed by atoms with Crippen molar-refractivity contribution < 1.29 is 27.8 Å². The van der Waals surface area contributed by atoms with Crippen LogP contribution in [-0.4, -0.2) is 25.2 Å². The number of aromatic nitrogens is 1. The number of fused-ring (bicyclic) bond motifs is 1. The van der Waals surface area contributed by atoms with Crippen LogP contribution < -0.4 is 19.8 Å². The van der Waals surface area contributed by atoms with Gasteiger partial charge in [0.25, 0.3) is 0 Å². The molecule has 0 N–H and O–H groups in total. The largest absolute Gasteiger partial charge is 0.495 e. The first-order valence-electron chi connectivity index (χ1n) is 9.77. The summed E-state index contributed by atoms with van der Waals surface area (Å²) in [5.41, 5.74) is 2.31. The number of benzene rings is 1. The number of furan rings is 1. The molecule has 0 amide bonds. The van der Waals surface area contributed by atoms with Gasteiger partial charge in [0, 0.05) is 23.4 Å². The zero-order chi connectivity index (χ0) is 23.0. The van der Waals surface area contributed by atoms with E-state index < -0.39 is 11.6 Å². The monoisotopic (exact) mass is 435 g/mol. The summed E-state index contributed by atoms with van der Waals surface area (Å²) in [4.78, 5) is 28.1. The second-order valence-corrected chi connectivity index (χ2v) is 7.19. The number of rotatable bonds is 5. The van der Waals surface area contributed by atoms with Gasteiger partial charge in [-0.3, -0.25) is 4.79 Å². The van der Waals surface area contributed by atoms with Gasteiger partial charge in [0.15, 0.2) is 11.5 Å². The van der Waals surface area contributed by atoms with Crippen LogP contribution in [0.15, 0.2) is 50.2 Å². The summed E-state index contributed by atoms with van der Waals surface area (Å²) in [6.07, 6.45) is 1.58. The average Bonchev–Trinajstić information content (AvgIpc) is 3.21. The van der Waals surface area contributed by atoms with E-state index in [9.17, 15) is 9.59 Å². The molecule has 0 atom stereocenters. The van der Waals surface area contributed by atoms with E-state index in [0.717, 1.165) is 16.5 Å². The van der Waals surface area contributed by atoms with Gasteiger partial charge in [-0.2, -0.15) is 0 Å². The maximum absolute atomic E-state index is 12.3. The first-order chi connectivity index (χ1) is 15.3. The molecule has 0 bridgehead atoms. The molecule has 0 saturated carbocycles. The van der Waals surface area contributed by atoms with Crippen molar-refractivity contribution in [2.75, 3.05) is 14.2 Å². The van der Waals surface area contributed by atoms with Crippen molar-refractivity contribution in [3.63, 3.8) is 0 Å². The van der Waals surface area contributed by atoms with E-state index in [1.807, 2.05) is 24.3 Å². The molecule has 3 aromatic heterocycles. The van der Waals surface area contributed by atoms with Crippen molar-refractivity contribution in [2.24, 2.45) is 0 Å². The van der Waals surface area contributed by atoms with Gasteiger partial charge in [0.2, 0.25) is 5.88 Å². The number of nitrogens with zero attached hydrogens (tertiary/aromatic N) is 1. The molecule has 8 nitrogen and oxygen atoms in total. The van der Waals surface area contributed by atoms with Crippen molar-refractivity contribution in [1.82, 2.24) is 4.98 Å². The summed E-state index contributed by atoms with van der Waals surface area (Å²) in [7, 11) is 3.12. The zero-order valence-corrected chi connectivity index (χ0v) is 18.3. The van der Waals surface area contributed by atoms with E-state index in [2.05, 4.69) is 4.98 Å². The predicted octanol–water partition coefficient (Wildman–Crippen LogP) is 4.67. The highest BCUT2D eigenvalue weighted by Crippen LogP contribution is 2.37. The zero-order valence-electron chi connectivity index (χ0n) is 18.3. The van der Waals surface area contributed by atoms with Crippen LogP contribution in [0.4, 0.5) is 0 Å². The van der Waals surface area contributed by atoms with E-state index in [1.165, 1.54) is 6.92 Å². The second-order valence-electron chi connectivity index (χ2n) is 7.19. The van der Waals surface area contributed by atoms with Crippen LogP contribution >= 0.6 is 0 Å². The molecule has 0 aliphatic rings. The minimum Gasteiger partial charge on any atom is -0.495 e. The van der Waals surface area contributed by atoms with Crippen LogP contribution in [0, 0.1) is 13.8 Å². The van der Waals surface area contributed by atoms with E-state index in [4.69, 9.17) is 23.0 Å². The van der Waals surface area contributed by atoms with Crippen LogP contribution in [-0.2, 0) is 4.79 Å². The molecule has 1 aromatic carbocycles. The Labute approximate surface area is 183 Å². The van der Waals surface area contributed by atoms with Gasteiger partial charge >= 0.3 is 11.6 Å². The van der Waals surface area contributed by atoms with E-state index in [-0.39, 0.29) is 17.1 Å². The highest BCUT2D eigenvalue weighted by atomic mass is 16.5. The number of ether oxygens (including phenoxy) is 3. The first-order valence-corrected chi connectivity index (χ1v) is 9.77. The van der Waals surface area contributed by atoms with Gasteiger partial charge in [-0.05, 0) is 43.7 Å². The molecule has 0 aliphatic carbocycles. The Morgan fingerprint density at radius 3 is 2.47 bits per heavy atom. The van der Waals surface area contributed by atoms with Crippen LogP contribution in [0.3, 0.4) is 0 Å². The molecular formula is C24H21NO7. The molecule has 4 aromatic rings. The molecule has 0 unspecified atom stereocenters. The lowest BCUT2D eigenvalue weighted by molar-refractivity contribution is -0.132. The highest BCUT2D eigenvalue weighted by Gasteiger charge is 2.21. The molecule has 3 heterocycles. The molecule has 0 spiro atoms. The first kappa shape index (κ1) is 21.2. The summed E-state index contributed by atoms with van der Waals surface area (Å²) in [6, 6.07) is 9.19. The van der Waals surface area contributed by atoms with Crippen molar-refractivity contribution in [3.05, 3.63) is 58.1 Å². The Bertz CT molecular complexity index is 1400. The number of hydrogen-bond acceptors (Lipinski definition) is 8. The third-order valence-corrected chi connectivity index (χ3v) is 5.07. The van der Waals surface area contributed by atoms with Gasteiger partial charge in [-0.1, -0.05) is 6.07 Å². The third kappa shape index (κ3) is 3.71. The summed E-state index contributed by atoms with van der Waals surface area (Å²) < 4.78 is 27.3. The summed E-state index contributed by atoms with van der Waals surface area (Å²) in [5.74, 6) is 1.26. The fourth-order valence-electron chi connectivity index (χ4n) is 3.49. The topological polar surface area (TPSA) is 101 Å². The lowest BCUT2D eigenvalue weighted by atomic mass is 10.0. The molecule has 8 heteroatoms. The molecule has 0 radical (unpaired) electrons. The van der Waals surface area contributed by atoms with E-state index in [1.54, 1.807) is 40.3 Å². The minimum absolute atomic E-state index is 0.178. The molecule has 0 fully saturated rings. The average molecular weight is 435 g/mol. The summed E-state index contributed by atoms with van der Waals surface area (Å²) >= 11 is 0. The standard InChI is InChI=1S/C24H21NO7/c1-12-21(30-14(3)26)13(2)24(27)32-22(12)20-9-16-8-15(6-7-19(16)31-20)18-10-17(28-4)11-25-23(18)29-5/h6-11H,1-5H3. The molecule has 0 saturated heterocycles. The van der Waals surface area contributed by atoms with E-state index >= 15 is 0 Å². The van der Waals surface area contributed by atoms with Crippen LogP contribution in [0.1, 0.15) is 18.1 Å². The summed E-state index contributed by atoms with van der Waals surface area (Å²) in [5, 5.41) is 0.777. The fraction of sp³-hybridized carbons (Fsp3) is 0.208. The van der Waals surface area contributed by atoms with Gasteiger partial charge in [0.05, 0.1) is 26.0 Å². The quantitative estimate of drug-likeness (QED) is 0.417. The number of hydrogen-bond donors (Lipinski definition) is 0. The Morgan fingerprint density at radius 1 is 1.00 bits per heavy atom. The van der Waals surface area contributed by atoms with Crippen LogP contribution in [0.2, 0.25) is 0 Å². The lowest BCUT2D eigenvalue weighted by Gasteiger charge is -2.10. The van der Waals surface area contributed by atoms with Crippen LogP contribution in [0.25, 0.3) is 33.6 Å². The number of esters is 1. The second kappa shape index (κ2) is 8.22. The van der Waals surface area contributed by atoms with Gasteiger partial charge in [-0.25, -0.2) is 9.78 Å². The predicted molar refractivity (Wildman–Crippen MR) is 117 cm³/mol. The van der Waals surface area contributed by atoms with Crippen molar-refractivity contribution >= 4 is 16.9 Å².